The molecule has 0 atom stereocenters. The minimum Gasteiger partial charge on any atom is -0.365 e. The van der Waals surface area contributed by atoms with E-state index in [1.165, 1.54) is 0 Å². The van der Waals surface area contributed by atoms with E-state index in [4.69, 9.17) is 11.6 Å². The van der Waals surface area contributed by atoms with Crippen molar-refractivity contribution in [2.75, 3.05) is 11.9 Å². The number of hydrogen-bond acceptors (Lipinski definition) is 3. The van der Waals surface area contributed by atoms with E-state index in [9.17, 15) is 0 Å². The molecule has 2 rings (SSSR count). The summed E-state index contributed by atoms with van der Waals surface area (Å²) in [7, 11) is 0. The molecule has 0 aliphatic rings. The minimum absolute atomic E-state index is 0.484. The molecule has 0 saturated heterocycles. The molecule has 0 spiro atoms. The third kappa shape index (κ3) is 2.87. The van der Waals surface area contributed by atoms with Gasteiger partial charge in [-0.25, -0.2) is 9.97 Å². The van der Waals surface area contributed by atoms with Crippen LogP contribution in [-0.4, -0.2) is 16.5 Å². The zero-order chi connectivity index (χ0) is 12.4. The van der Waals surface area contributed by atoms with E-state index in [0.717, 1.165) is 32.3 Å². The highest BCUT2D eigenvalue weighted by atomic mass is 127. The van der Waals surface area contributed by atoms with Crippen molar-refractivity contribution in [2.45, 2.75) is 6.92 Å². The van der Waals surface area contributed by atoms with Crippen molar-refractivity contribution in [3.63, 3.8) is 0 Å². The first-order valence-electron chi connectivity index (χ1n) is 5.06. The Morgan fingerprint density at radius 3 is 2.94 bits per heavy atom. The zero-order valence-corrected chi connectivity index (χ0v) is 12.2. The highest BCUT2D eigenvalue weighted by Crippen LogP contribution is 2.26. The predicted octanol–water partition coefficient (Wildman–Crippen LogP) is 3.88. The van der Waals surface area contributed by atoms with Crippen LogP contribution in [0.3, 0.4) is 0 Å². The van der Waals surface area contributed by atoms with Crippen LogP contribution in [-0.2, 0) is 0 Å². The summed E-state index contributed by atoms with van der Waals surface area (Å²) in [5.41, 5.74) is 1.07. The molecule has 2 heterocycles. The second kappa shape index (κ2) is 5.18. The summed E-state index contributed by atoms with van der Waals surface area (Å²) >= 11 is 8.10. The van der Waals surface area contributed by atoms with E-state index in [1.807, 2.05) is 13.0 Å². The van der Waals surface area contributed by atoms with Gasteiger partial charge < -0.3 is 5.32 Å². The molecule has 0 radical (unpaired) electrons. The van der Waals surface area contributed by atoms with Crippen LogP contribution in [0.4, 0.5) is 5.82 Å². The van der Waals surface area contributed by atoms with Gasteiger partial charge in [-0.1, -0.05) is 23.8 Å². The summed E-state index contributed by atoms with van der Waals surface area (Å²) in [6, 6.07) is 1.81. The van der Waals surface area contributed by atoms with Gasteiger partial charge in [0.2, 0.25) is 0 Å². The van der Waals surface area contributed by atoms with Gasteiger partial charge in [-0.05, 0) is 35.6 Å². The molecule has 2 aromatic heterocycles. The average molecular weight is 360 g/mol. The lowest BCUT2D eigenvalue weighted by molar-refractivity contribution is 1.17. The Morgan fingerprint density at radius 1 is 1.47 bits per heavy atom. The molecule has 0 aliphatic carbocycles. The first kappa shape index (κ1) is 12.6. The number of hydrogen-bond donors (Lipinski definition) is 1. The third-order valence-electron chi connectivity index (χ3n) is 2.24. The smallest absolute Gasteiger partial charge is 0.140 e. The SMILES string of the molecule is C=C(C)CNc1ncc2cc(Cl)ncc2c1I. The minimum atomic E-state index is 0.484. The Hall–Kier alpha value is -0.880. The van der Waals surface area contributed by atoms with E-state index in [-0.39, 0.29) is 0 Å². The molecule has 5 heteroatoms. The van der Waals surface area contributed by atoms with Crippen LogP contribution < -0.4 is 5.32 Å². The number of halogens is 2. The Morgan fingerprint density at radius 2 is 2.24 bits per heavy atom. The zero-order valence-electron chi connectivity index (χ0n) is 9.30. The fourth-order valence-electron chi connectivity index (χ4n) is 1.41. The van der Waals surface area contributed by atoms with E-state index < -0.39 is 0 Å². The molecule has 88 valence electrons. The van der Waals surface area contributed by atoms with Crippen molar-refractivity contribution in [1.82, 2.24) is 9.97 Å². The first-order valence-corrected chi connectivity index (χ1v) is 6.51. The molecule has 0 amide bonds. The van der Waals surface area contributed by atoms with Crippen LogP contribution in [0.2, 0.25) is 5.15 Å². The molecule has 1 N–H and O–H groups in total. The van der Waals surface area contributed by atoms with Gasteiger partial charge in [-0.3, -0.25) is 0 Å². The van der Waals surface area contributed by atoms with Gasteiger partial charge in [0.05, 0.1) is 3.57 Å². The van der Waals surface area contributed by atoms with Crippen LogP contribution >= 0.6 is 34.2 Å². The maximum absolute atomic E-state index is 5.84. The average Bonchev–Trinajstić information content (AvgIpc) is 2.27. The second-order valence-corrected chi connectivity index (χ2v) is 5.29. The molecule has 0 aliphatic heterocycles. The van der Waals surface area contributed by atoms with Crippen molar-refractivity contribution in [2.24, 2.45) is 0 Å². The molecule has 0 fully saturated rings. The van der Waals surface area contributed by atoms with Crippen LogP contribution in [0.15, 0.2) is 30.6 Å². The van der Waals surface area contributed by atoms with E-state index in [0.29, 0.717) is 5.15 Å². The highest BCUT2D eigenvalue weighted by molar-refractivity contribution is 14.1. The molecule has 17 heavy (non-hydrogen) atoms. The monoisotopic (exact) mass is 359 g/mol. The summed E-state index contributed by atoms with van der Waals surface area (Å²) in [4.78, 5) is 8.47. The lowest BCUT2D eigenvalue weighted by Crippen LogP contribution is -2.05. The van der Waals surface area contributed by atoms with Crippen molar-refractivity contribution >= 4 is 50.8 Å². The largest absolute Gasteiger partial charge is 0.365 e. The standard InChI is InChI=1S/C12H11ClIN3/c1-7(2)4-16-12-11(14)9-6-15-10(13)3-8(9)5-17-12/h3,5-6H,1,4H2,2H3,(H,16,17). The van der Waals surface area contributed by atoms with Gasteiger partial charge in [-0.15, -0.1) is 0 Å². The van der Waals surface area contributed by atoms with Gasteiger partial charge in [0.25, 0.3) is 0 Å². The first-order chi connectivity index (χ1) is 8.08. The highest BCUT2D eigenvalue weighted by Gasteiger charge is 2.07. The van der Waals surface area contributed by atoms with E-state index in [1.54, 1.807) is 12.4 Å². The quantitative estimate of drug-likeness (QED) is 0.513. The number of pyridine rings is 2. The maximum atomic E-state index is 5.84. The Balaban J connectivity index is 2.43. The normalized spacial score (nSPS) is 10.5. The molecule has 0 saturated carbocycles. The van der Waals surface area contributed by atoms with Gasteiger partial charge in [0.15, 0.2) is 0 Å². The van der Waals surface area contributed by atoms with Gasteiger partial charge in [0.1, 0.15) is 11.0 Å². The maximum Gasteiger partial charge on any atom is 0.140 e. The fourth-order valence-corrected chi connectivity index (χ4v) is 2.36. The number of anilines is 1. The predicted molar refractivity (Wildman–Crippen MR) is 80.6 cm³/mol. The molecule has 0 bridgehead atoms. The summed E-state index contributed by atoms with van der Waals surface area (Å²) in [6.45, 7) is 6.54. The van der Waals surface area contributed by atoms with Crippen molar-refractivity contribution < 1.29 is 0 Å². The van der Waals surface area contributed by atoms with Gasteiger partial charge in [0, 0.05) is 29.7 Å². The Labute approximate surface area is 118 Å². The van der Waals surface area contributed by atoms with Crippen molar-refractivity contribution in [3.8, 4) is 0 Å². The molecule has 0 aromatic carbocycles. The molecular formula is C12H11ClIN3. The number of rotatable bonds is 3. The van der Waals surface area contributed by atoms with Crippen LogP contribution in [0.25, 0.3) is 10.8 Å². The molecular weight excluding hydrogens is 349 g/mol. The topological polar surface area (TPSA) is 37.8 Å². The summed E-state index contributed by atoms with van der Waals surface area (Å²) in [5.74, 6) is 0.852. The summed E-state index contributed by atoms with van der Waals surface area (Å²) in [6.07, 6.45) is 3.57. The number of fused-ring (bicyclic) bond motifs is 1. The Kier molecular flexibility index (Phi) is 3.83. The lowest BCUT2D eigenvalue weighted by atomic mass is 10.2. The fraction of sp³-hybridized carbons (Fsp3) is 0.167. The second-order valence-electron chi connectivity index (χ2n) is 3.83. The van der Waals surface area contributed by atoms with Crippen molar-refractivity contribution in [1.29, 1.82) is 0 Å². The van der Waals surface area contributed by atoms with Crippen molar-refractivity contribution in [3.05, 3.63) is 39.3 Å². The number of nitrogens with one attached hydrogen (secondary N) is 1. The lowest BCUT2D eigenvalue weighted by Gasteiger charge is -2.09. The molecule has 3 nitrogen and oxygen atoms in total. The van der Waals surface area contributed by atoms with E-state index in [2.05, 4.69) is 44.5 Å². The summed E-state index contributed by atoms with van der Waals surface area (Å²) in [5, 5.41) is 5.77. The number of nitrogens with zero attached hydrogens (tertiary/aromatic N) is 2. The van der Waals surface area contributed by atoms with E-state index >= 15 is 0 Å². The molecule has 0 unspecified atom stereocenters. The van der Waals surface area contributed by atoms with Gasteiger partial charge >= 0.3 is 0 Å². The summed E-state index contributed by atoms with van der Waals surface area (Å²) < 4.78 is 1.05. The number of aromatic nitrogens is 2. The Bertz CT molecular complexity index is 583. The van der Waals surface area contributed by atoms with Crippen LogP contribution in [0, 0.1) is 3.57 Å². The van der Waals surface area contributed by atoms with Crippen LogP contribution in [0.1, 0.15) is 6.92 Å². The molecule has 2 aromatic rings. The van der Waals surface area contributed by atoms with Gasteiger partial charge in [-0.2, -0.15) is 0 Å². The third-order valence-corrected chi connectivity index (χ3v) is 3.54. The van der Waals surface area contributed by atoms with Crippen LogP contribution in [0.5, 0.6) is 0 Å².